The molecule has 1 saturated heterocycles. The number of carbonyl (C=O) groups excluding carboxylic acids is 2. The highest BCUT2D eigenvalue weighted by Crippen LogP contribution is 2.29. The Bertz CT molecular complexity index is 1480. The molecule has 2 aromatic heterocycles. The van der Waals surface area contributed by atoms with Gasteiger partial charge in [-0.05, 0) is 56.7 Å². The van der Waals surface area contributed by atoms with E-state index in [1.165, 1.54) is 31.6 Å². The van der Waals surface area contributed by atoms with E-state index in [9.17, 15) is 9.59 Å². The van der Waals surface area contributed by atoms with E-state index in [2.05, 4.69) is 25.2 Å². The highest BCUT2D eigenvalue weighted by molar-refractivity contribution is 6.18. The molecule has 194 valence electrons. The summed E-state index contributed by atoms with van der Waals surface area (Å²) in [7, 11) is 0. The van der Waals surface area contributed by atoms with Crippen LogP contribution in [0.25, 0.3) is 11.0 Å². The summed E-state index contributed by atoms with van der Waals surface area (Å²) in [6, 6.07) is 13.5. The van der Waals surface area contributed by atoms with Gasteiger partial charge in [0.1, 0.15) is 35.1 Å². The number of aromatic nitrogens is 3. The number of para-hydroxylation sites is 1. The minimum absolute atomic E-state index is 0.0294. The number of allylic oxidation sites excluding steroid dienone is 1. The van der Waals surface area contributed by atoms with Crippen LogP contribution in [-0.4, -0.2) is 57.1 Å². The lowest BCUT2D eigenvalue weighted by molar-refractivity contribution is -0.112. The molecular weight excluding hydrogens is 485 g/mol. The third kappa shape index (κ3) is 5.63. The van der Waals surface area contributed by atoms with Crippen LogP contribution < -0.4 is 10.1 Å². The number of hydrogen-bond acceptors (Lipinski definition) is 7. The molecule has 5 rings (SSSR count). The van der Waals surface area contributed by atoms with E-state index >= 15 is 4.39 Å². The van der Waals surface area contributed by atoms with Crippen LogP contribution in [0, 0.1) is 5.82 Å². The first-order valence-electron chi connectivity index (χ1n) is 12.5. The number of halogens is 1. The van der Waals surface area contributed by atoms with Crippen molar-refractivity contribution >= 4 is 28.4 Å². The lowest BCUT2D eigenvalue weighted by atomic mass is 10.0. The lowest BCUT2D eigenvalue weighted by Gasteiger charge is -2.23. The van der Waals surface area contributed by atoms with Crippen molar-refractivity contribution in [2.45, 2.75) is 25.8 Å². The predicted molar refractivity (Wildman–Crippen MR) is 143 cm³/mol. The standard InChI is InChI=1S/C29H28FN5O3/c1-19(36)7-5-13-35-14-6-8-20(35)16-31-28-26-24(17-32-29(26)34-18-33-28)27(37)23-12-11-22(15-25(23)30)38-21-9-3-2-4-10-21/h2-5,7,9-12,15,17-18,20H,6,8,13-14,16H2,1H3,(H2,31,32,33,34)/b7-5+. The molecule has 1 aliphatic heterocycles. The number of anilines is 1. The number of hydrogen-bond donors (Lipinski definition) is 2. The van der Waals surface area contributed by atoms with E-state index < -0.39 is 11.6 Å². The molecule has 3 heterocycles. The van der Waals surface area contributed by atoms with Crippen molar-refractivity contribution in [3.8, 4) is 11.5 Å². The number of nitrogens with one attached hydrogen (secondary N) is 2. The second kappa shape index (κ2) is 11.4. The molecule has 1 unspecified atom stereocenters. The molecule has 0 bridgehead atoms. The molecule has 0 aliphatic carbocycles. The Balaban J connectivity index is 1.34. The minimum atomic E-state index is -0.677. The molecule has 0 saturated carbocycles. The Morgan fingerprint density at radius 3 is 2.79 bits per heavy atom. The topological polar surface area (TPSA) is 100 Å². The van der Waals surface area contributed by atoms with Crippen molar-refractivity contribution in [1.29, 1.82) is 0 Å². The van der Waals surface area contributed by atoms with Crippen molar-refractivity contribution < 1.29 is 18.7 Å². The second-order valence-electron chi connectivity index (χ2n) is 9.22. The average molecular weight is 514 g/mol. The van der Waals surface area contributed by atoms with Gasteiger partial charge in [-0.25, -0.2) is 14.4 Å². The molecule has 1 fully saturated rings. The lowest BCUT2D eigenvalue weighted by Crippen LogP contribution is -2.35. The molecule has 0 amide bonds. The third-order valence-corrected chi connectivity index (χ3v) is 6.58. The number of nitrogens with zero attached hydrogens (tertiary/aromatic N) is 3. The minimum Gasteiger partial charge on any atom is -0.457 e. The number of carbonyl (C=O) groups is 2. The molecule has 2 N–H and O–H groups in total. The van der Waals surface area contributed by atoms with E-state index in [4.69, 9.17) is 4.74 Å². The number of aromatic amines is 1. The van der Waals surface area contributed by atoms with Crippen molar-refractivity contribution in [2.75, 3.05) is 25.0 Å². The Kier molecular flexibility index (Phi) is 7.55. The molecule has 1 atom stereocenters. The highest BCUT2D eigenvalue weighted by Gasteiger charge is 2.25. The first kappa shape index (κ1) is 25.3. The largest absolute Gasteiger partial charge is 0.457 e. The summed E-state index contributed by atoms with van der Waals surface area (Å²) < 4.78 is 20.7. The van der Waals surface area contributed by atoms with Crippen LogP contribution in [0.5, 0.6) is 11.5 Å². The van der Waals surface area contributed by atoms with Gasteiger partial charge in [0.25, 0.3) is 0 Å². The van der Waals surface area contributed by atoms with E-state index in [0.717, 1.165) is 19.4 Å². The molecule has 8 nitrogen and oxygen atoms in total. The Labute approximate surface area is 219 Å². The number of ether oxygens (including phenoxy) is 1. The molecule has 38 heavy (non-hydrogen) atoms. The van der Waals surface area contributed by atoms with Gasteiger partial charge in [-0.3, -0.25) is 14.5 Å². The first-order chi connectivity index (χ1) is 18.5. The molecule has 9 heteroatoms. The van der Waals surface area contributed by atoms with E-state index in [1.54, 1.807) is 24.3 Å². The van der Waals surface area contributed by atoms with Gasteiger partial charge in [0.15, 0.2) is 11.6 Å². The fourth-order valence-electron chi connectivity index (χ4n) is 4.72. The van der Waals surface area contributed by atoms with Gasteiger partial charge in [-0.2, -0.15) is 0 Å². The number of fused-ring (bicyclic) bond motifs is 1. The average Bonchev–Trinajstić information content (AvgIpc) is 3.55. The van der Waals surface area contributed by atoms with Crippen molar-refractivity contribution in [3.05, 3.63) is 90.2 Å². The summed E-state index contributed by atoms with van der Waals surface area (Å²) in [5, 5.41) is 3.89. The summed E-state index contributed by atoms with van der Waals surface area (Å²) in [4.78, 5) is 38.6. The van der Waals surface area contributed by atoms with Gasteiger partial charge in [0.05, 0.1) is 16.5 Å². The van der Waals surface area contributed by atoms with Gasteiger partial charge in [0.2, 0.25) is 0 Å². The SMILES string of the molecule is CC(=O)/C=C/CN1CCCC1CNc1ncnc2[nH]cc(C(=O)c3ccc(Oc4ccccc4)cc3F)c12. The second-order valence-corrected chi connectivity index (χ2v) is 9.22. The molecular formula is C29H28FN5O3. The Morgan fingerprint density at radius 2 is 2.00 bits per heavy atom. The predicted octanol–water partition coefficient (Wildman–Crippen LogP) is 5.14. The number of likely N-dealkylation sites (tertiary alicyclic amines) is 1. The normalized spacial score (nSPS) is 15.8. The Hall–Kier alpha value is -4.37. The fourth-order valence-corrected chi connectivity index (χ4v) is 4.72. The summed E-state index contributed by atoms with van der Waals surface area (Å²) in [6.07, 6.45) is 8.52. The van der Waals surface area contributed by atoms with E-state index in [-0.39, 0.29) is 23.0 Å². The molecule has 2 aromatic carbocycles. The maximum absolute atomic E-state index is 15.1. The zero-order chi connectivity index (χ0) is 26.5. The van der Waals surface area contributed by atoms with Crippen LogP contribution in [0.1, 0.15) is 35.7 Å². The number of ketones is 2. The molecule has 1 aliphatic rings. The van der Waals surface area contributed by atoms with Gasteiger partial charge in [-0.15, -0.1) is 0 Å². The van der Waals surface area contributed by atoms with Crippen molar-refractivity contribution in [3.63, 3.8) is 0 Å². The zero-order valence-corrected chi connectivity index (χ0v) is 21.0. The molecule has 0 radical (unpaired) electrons. The summed E-state index contributed by atoms with van der Waals surface area (Å²) in [6.45, 7) is 3.79. The quantitative estimate of drug-likeness (QED) is 0.224. The van der Waals surface area contributed by atoms with Gasteiger partial charge in [-0.1, -0.05) is 24.3 Å². The molecule has 0 spiro atoms. The van der Waals surface area contributed by atoms with Crippen molar-refractivity contribution in [1.82, 2.24) is 19.9 Å². The fraction of sp³-hybridized carbons (Fsp3) is 0.241. The monoisotopic (exact) mass is 513 g/mol. The van der Waals surface area contributed by atoms with Crippen LogP contribution in [0.15, 0.2) is 73.2 Å². The van der Waals surface area contributed by atoms with Gasteiger partial charge >= 0.3 is 0 Å². The highest BCUT2D eigenvalue weighted by atomic mass is 19.1. The number of rotatable bonds is 10. The van der Waals surface area contributed by atoms with Crippen molar-refractivity contribution in [2.24, 2.45) is 0 Å². The van der Waals surface area contributed by atoms with Crippen LogP contribution >= 0.6 is 0 Å². The number of benzene rings is 2. The maximum atomic E-state index is 15.1. The zero-order valence-electron chi connectivity index (χ0n) is 21.0. The smallest absolute Gasteiger partial charge is 0.198 e. The molecule has 4 aromatic rings. The van der Waals surface area contributed by atoms with Crippen LogP contribution in [-0.2, 0) is 4.79 Å². The summed E-state index contributed by atoms with van der Waals surface area (Å²) >= 11 is 0. The summed E-state index contributed by atoms with van der Waals surface area (Å²) in [5.74, 6) is 0.260. The van der Waals surface area contributed by atoms with Gasteiger partial charge < -0.3 is 15.0 Å². The van der Waals surface area contributed by atoms with Crippen LogP contribution in [0.4, 0.5) is 10.2 Å². The van der Waals surface area contributed by atoms with E-state index in [1.807, 2.05) is 24.3 Å². The Morgan fingerprint density at radius 1 is 1.16 bits per heavy atom. The maximum Gasteiger partial charge on any atom is 0.198 e. The van der Waals surface area contributed by atoms with Crippen LogP contribution in [0.2, 0.25) is 0 Å². The van der Waals surface area contributed by atoms with Crippen LogP contribution in [0.3, 0.4) is 0 Å². The first-order valence-corrected chi connectivity index (χ1v) is 12.5. The van der Waals surface area contributed by atoms with Gasteiger partial charge in [0, 0.05) is 31.4 Å². The number of H-pyrrole nitrogens is 1. The van der Waals surface area contributed by atoms with E-state index in [0.29, 0.717) is 41.4 Å². The third-order valence-electron chi connectivity index (χ3n) is 6.58. The summed E-state index contributed by atoms with van der Waals surface area (Å²) in [5.41, 5.74) is 0.703.